The third-order valence-electron chi connectivity index (χ3n) is 7.14. The number of rotatable bonds is 6. The molecule has 2 aliphatic rings. The molecule has 0 aliphatic carbocycles. The molecule has 0 saturated carbocycles. The number of pyridine rings is 1. The fourth-order valence-corrected chi connectivity index (χ4v) is 5.35. The molecule has 0 bridgehead atoms. The smallest absolute Gasteiger partial charge is 0.251 e. The molecular formula is C26H31BClN3O3. The van der Waals surface area contributed by atoms with Gasteiger partial charge in [0.15, 0.2) is 19.5 Å². The highest BCUT2D eigenvalue weighted by molar-refractivity contribution is 6.31. The molecule has 0 unspecified atom stereocenters. The number of benzene rings is 2. The first-order chi connectivity index (χ1) is 16.5. The predicted octanol–water partition coefficient (Wildman–Crippen LogP) is 3.25. The van der Waals surface area contributed by atoms with Gasteiger partial charge in [-0.15, -0.1) is 0 Å². The summed E-state index contributed by atoms with van der Waals surface area (Å²) in [5.41, 5.74) is 3.21. The Kier molecular flexibility index (Phi) is 6.86. The zero-order valence-electron chi connectivity index (χ0n) is 19.9. The van der Waals surface area contributed by atoms with Crippen LogP contribution in [0.25, 0.3) is 10.9 Å². The molecular weight excluding hydrogens is 449 g/mol. The second-order valence-electron chi connectivity index (χ2n) is 9.44. The summed E-state index contributed by atoms with van der Waals surface area (Å²) in [6.45, 7) is 7.72. The van der Waals surface area contributed by atoms with E-state index in [0.717, 1.165) is 67.0 Å². The van der Waals surface area contributed by atoms with Gasteiger partial charge in [-0.25, -0.2) is 0 Å². The van der Waals surface area contributed by atoms with E-state index in [1.54, 1.807) is 6.07 Å². The van der Waals surface area contributed by atoms with Crippen molar-refractivity contribution in [1.29, 1.82) is 0 Å². The molecule has 3 heterocycles. The van der Waals surface area contributed by atoms with Crippen LogP contribution in [0.5, 0.6) is 11.5 Å². The van der Waals surface area contributed by atoms with Crippen molar-refractivity contribution in [3.8, 4) is 11.5 Å². The van der Waals surface area contributed by atoms with Gasteiger partial charge in [-0.3, -0.25) is 4.79 Å². The van der Waals surface area contributed by atoms with E-state index in [2.05, 4.69) is 29.8 Å². The molecule has 6 nitrogen and oxygen atoms in total. The number of halogens is 1. The van der Waals surface area contributed by atoms with Crippen LogP contribution in [0.2, 0.25) is 5.02 Å². The van der Waals surface area contributed by atoms with E-state index in [4.69, 9.17) is 21.1 Å². The molecule has 0 spiro atoms. The van der Waals surface area contributed by atoms with Crippen molar-refractivity contribution in [2.24, 2.45) is 0 Å². The molecule has 178 valence electrons. The summed E-state index contributed by atoms with van der Waals surface area (Å²) in [5, 5.41) is 1.75. The van der Waals surface area contributed by atoms with Crippen molar-refractivity contribution in [1.82, 2.24) is 14.3 Å². The summed E-state index contributed by atoms with van der Waals surface area (Å²) in [7, 11) is 2.21. The van der Waals surface area contributed by atoms with Gasteiger partial charge in [0.1, 0.15) is 13.2 Å². The van der Waals surface area contributed by atoms with Gasteiger partial charge >= 0.3 is 0 Å². The second-order valence-corrected chi connectivity index (χ2v) is 9.88. The highest BCUT2D eigenvalue weighted by Gasteiger charge is 2.23. The summed E-state index contributed by atoms with van der Waals surface area (Å²) in [5.74, 6) is 1.70. The number of nitrogens with zero attached hydrogens (tertiary/aromatic N) is 3. The van der Waals surface area contributed by atoms with Crippen LogP contribution < -0.4 is 15.0 Å². The lowest BCUT2D eigenvalue weighted by molar-refractivity contribution is 0.153. The number of piperidine rings is 1. The van der Waals surface area contributed by atoms with Gasteiger partial charge in [-0.1, -0.05) is 23.7 Å². The number of hydrogen-bond donors (Lipinski definition) is 0. The van der Waals surface area contributed by atoms with E-state index in [-0.39, 0.29) is 5.56 Å². The summed E-state index contributed by atoms with van der Waals surface area (Å²) >= 11 is 6.24. The van der Waals surface area contributed by atoms with Crippen LogP contribution in [0.3, 0.4) is 0 Å². The average Bonchev–Trinajstić information content (AvgIpc) is 2.84. The quantitative estimate of drug-likeness (QED) is 0.508. The predicted molar refractivity (Wildman–Crippen MR) is 139 cm³/mol. The lowest BCUT2D eigenvalue weighted by Gasteiger charge is -2.37. The van der Waals surface area contributed by atoms with E-state index in [9.17, 15) is 4.79 Å². The van der Waals surface area contributed by atoms with E-state index < -0.39 is 0 Å². The van der Waals surface area contributed by atoms with E-state index in [1.807, 2.05) is 35.8 Å². The second kappa shape index (κ2) is 10.0. The summed E-state index contributed by atoms with van der Waals surface area (Å²) < 4.78 is 13.2. The largest absolute Gasteiger partial charge is 0.486 e. The summed E-state index contributed by atoms with van der Waals surface area (Å²) in [6, 6.07) is 14.3. The number of ether oxygens (including phenoxy) is 2. The minimum absolute atomic E-state index is 0.0429. The van der Waals surface area contributed by atoms with E-state index in [1.165, 1.54) is 5.56 Å². The first kappa shape index (κ1) is 23.3. The maximum absolute atomic E-state index is 12.7. The van der Waals surface area contributed by atoms with Crippen molar-refractivity contribution in [2.45, 2.75) is 38.9 Å². The Morgan fingerprint density at radius 3 is 2.59 bits per heavy atom. The van der Waals surface area contributed by atoms with Gasteiger partial charge in [0.2, 0.25) is 0 Å². The standard InChI is InChI=1S/C26H31BClN3O3/c1-18-14-26(32)30(23-16-20(28)3-4-22(18)23)11-10-29-8-6-21(7-9-29)31(27)17-19-2-5-24-25(15-19)34-13-12-33-24/h2-5,14-16,21H,6-13,17,27H2,1H3. The normalized spacial score (nSPS) is 16.9. The maximum Gasteiger partial charge on any atom is 0.251 e. The zero-order valence-corrected chi connectivity index (χ0v) is 20.7. The third-order valence-corrected chi connectivity index (χ3v) is 7.38. The van der Waals surface area contributed by atoms with Crippen molar-refractivity contribution >= 4 is 30.5 Å². The van der Waals surface area contributed by atoms with Crippen molar-refractivity contribution in [3.63, 3.8) is 0 Å². The molecule has 5 rings (SSSR count). The van der Waals surface area contributed by atoms with E-state index >= 15 is 0 Å². The SMILES string of the molecule is BN(Cc1ccc2c(c1)OCCO2)C1CCN(CCn2c(=O)cc(C)c3ccc(Cl)cc32)CC1. The average molecular weight is 480 g/mol. The molecule has 1 saturated heterocycles. The highest BCUT2D eigenvalue weighted by Crippen LogP contribution is 2.31. The van der Waals surface area contributed by atoms with Crippen molar-refractivity contribution in [3.05, 3.63) is 69.0 Å². The molecule has 1 aromatic heterocycles. The highest BCUT2D eigenvalue weighted by atomic mass is 35.5. The molecule has 34 heavy (non-hydrogen) atoms. The van der Waals surface area contributed by atoms with Crippen LogP contribution in [0.1, 0.15) is 24.0 Å². The van der Waals surface area contributed by atoms with Gasteiger partial charge in [-0.05, 0) is 68.2 Å². The third kappa shape index (κ3) is 4.97. The summed E-state index contributed by atoms with van der Waals surface area (Å²) in [6.07, 6.45) is 2.24. The molecule has 1 fully saturated rings. The van der Waals surface area contributed by atoms with Gasteiger partial charge in [-0.2, -0.15) is 0 Å². The van der Waals surface area contributed by atoms with Gasteiger partial charge in [0.25, 0.3) is 5.56 Å². The zero-order chi connectivity index (χ0) is 23.7. The number of aromatic nitrogens is 1. The van der Waals surface area contributed by atoms with Gasteiger partial charge in [0, 0.05) is 42.2 Å². The fraction of sp³-hybridized carbons (Fsp3) is 0.423. The minimum Gasteiger partial charge on any atom is -0.486 e. The molecule has 2 aliphatic heterocycles. The Balaban J connectivity index is 1.17. The van der Waals surface area contributed by atoms with Crippen LogP contribution in [-0.2, 0) is 13.1 Å². The number of aryl methyl sites for hydroxylation is 1. The van der Waals surface area contributed by atoms with Crippen molar-refractivity contribution in [2.75, 3.05) is 32.8 Å². The monoisotopic (exact) mass is 479 g/mol. The number of likely N-dealkylation sites (tertiary alicyclic amines) is 1. The Hall–Kier alpha value is -2.48. The van der Waals surface area contributed by atoms with E-state index in [0.29, 0.717) is 30.8 Å². The molecule has 3 aromatic rings. The Morgan fingerprint density at radius 2 is 1.79 bits per heavy atom. The molecule has 0 N–H and O–H groups in total. The van der Waals surface area contributed by atoms with Crippen LogP contribution in [0.15, 0.2) is 47.3 Å². The van der Waals surface area contributed by atoms with Crippen LogP contribution in [-0.4, -0.2) is 61.1 Å². The lowest BCUT2D eigenvalue weighted by Crippen LogP contribution is -2.44. The van der Waals surface area contributed by atoms with Crippen LogP contribution >= 0.6 is 11.6 Å². The molecule has 0 amide bonds. The molecule has 8 heteroatoms. The Labute approximate surface area is 206 Å². The maximum atomic E-state index is 12.7. The fourth-order valence-electron chi connectivity index (χ4n) is 5.18. The molecule has 0 radical (unpaired) electrons. The van der Waals surface area contributed by atoms with Gasteiger partial charge < -0.3 is 23.8 Å². The van der Waals surface area contributed by atoms with Crippen LogP contribution in [0.4, 0.5) is 0 Å². The van der Waals surface area contributed by atoms with Crippen LogP contribution in [0, 0.1) is 6.92 Å². The Bertz CT molecular complexity index is 1240. The Morgan fingerprint density at radius 1 is 1.03 bits per heavy atom. The number of hydrogen-bond acceptors (Lipinski definition) is 5. The topological polar surface area (TPSA) is 46.9 Å². The van der Waals surface area contributed by atoms with Crippen molar-refractivity contribution < 1.29 is 9.47 Å². The summed E-state index contributed by atoms with van der Waals surface area (Å²) in [4.78, 5) is 17.6. The number of fused-ring (bicyclic) bond motifs is 2. The molecule has 0 atom stereocenters. The minimum atomic E-state index is 0.0429. The molecule has 2 aromatic carbocycles. The lowest BCUT2D eigenvalue weighted by atomic mass is 9.99. The van der Waals surface area contributed by atoms with Gasteiger partial charge in [0.05, 0.1) is 5.52 Å². The first-order valence-electron chi connectivity index (χ1n) is 12.1. The first-order valence-corrected chi connectivity index (χ1v) is 12.5.